The van der Waals surface area contributed by atoms with Crippen molar-refractivity contribution in [1.29, 1.82) is 0 Å². The molecule has 0 radical (unpaired) electrons. The Bertz CT molecular complexity index is 939. The van der Waals surface area contributed by atoms with Crippen LogP contribution in [0.2, 0.25) is 10.0 Å². The smallest absolute Gasteiger partial charge is 0.356 e. The highest BCUT2D eigenvalue weighted by atomic mass is 35.5. The van der Waals surface area contributed by atoms with Gasteiger partial charge in [-0.25, -0.2) is 9.13 Å². The zero-order valence-corrected chi connectivity index (χ0v) is 17.8. The lowest BCUT2D eigenvalue weighted by atomic mass is 10.1. The highest BCUT2D eigenvalue weighted by Crippen LogP contribution is 2.26. The largest absolute Gasteiger partial charge is 0.385 e. The van der Waals surface area contributed by atoms with Gasteiger partial charge in [0.15, 0.2) is 0 Å². The van der Waals surface area contributed by atoms with Crippen LogP contribution in [0.5, 0.6) is 0 Å². The number of halogens is 2. The van der Waals surface area contributed by atoms with E-state index < -0.39 is 6.10 Å². The Morgan fingerprint density at radius 1 is 1.04 bits per heavy atom. The molecule has 28 heavy (non-hydrogen) atoms. The average molecular weight is 421 g/mol. The Labute approximate surface area is 176 Å². The average Bonchev–Trinajstić information content (AvgIpc) is 2.95. The monoisotopic (exact) mass is 420 g/mol. The minimum atomic E-state index is -0.731. The SMILES string of the molecule is CCCCCCCn1c(N)[n+](CC(O)c2ccc(Cl)c(Cl)c2)c2ccccc21. The predicted molar refractivity (Wildman–Crippen MR) is 117 cm³/mol. The number of aryl methyl sites for hydroxylation is 1. The molecule has 0 aliphatic heterocycles. The molecule has 150 valence electrons. The van der Waals surface area contributed by atoms with Gasteiger partial charge in [-0.2, -0.15) is 0 Å². The molecular formula is C22H28Cl2N3O+. The number of rotatable bonds is 9. The topological polar surface area (TPSA) is 55.1 Å². The number of fused-ring (bicyclic) bond motifs is 1. The maximum Gasteiger partial charge on any atom is 0.356 e. The van der Waals surface area contributed by atoms with E-state index >= 15 is 0 Å². The number of aromatic nitrogens is 2. The van der Waals surface area contributed by atoms with Crippen molar-refractivity contribution in [1.82, 2.24) is 4.57 Å². The minimum Gasteiger partial charge on any atom is -0.385 e. The number of hydrogen-bond acceptors (Lipinski definition) is 2. The number of nitrogens with zero attached hydrogens (tertiary/aromatic N) is 2. The normalized spacial score (nSPS) is 12.6. The molecule has 2 aromatic carbocycles. The van der Waals surface area contributed by atoms with Gasteiger partial charge >= 0.3 is 5.95 Å². The van der Waals surface area contributed by atoms with Gasteiger partial charge in [0.2, 0.25) is 0 Å². The summed E-state index contributed by atoms with van der Waals surface area (Å²) in [6, 6.07) is 13.3. The first-order valence-corrected chi connectivity index (χ1v) is 10.7. The van der Waals surface area contributed by atoms with Gasteiger partial charge < -0.3 is 5.11 Å². The second kappa shape index (κ2) is 9.64. The lowest BCUT2D eigenvalue weighted by Gasteiger charge is -2.11. The predicted octanol–water partition coefficient (Wildman–Crippen LogP) is 5.52. The summed E-state index contributed by atoms with van der Waals surface area (Å²) in [5.74, 6) is 0.663. The zero-order chi connectivity index (χ0) is 20.1. The lowest BCUT2D eigenvalue weighted by molar-refractivity contribution is -0.666. The Morgan fingerprint density at radius 2 is 1.79 bits per heavy atom. The van der Waals surface area contributed by atoms with Crippen LogP contribution in [0.4, 0.5) is 5.95 Å². The van der Waals surface area contributed by atoms with E-state index in [1.54, 1.807) is 18.2 Å². The Morgan fingerprint density at radius 3 is 2.54 bits per heavy atom. The van der Waals surface area contributed by atoms with Gasteiger partial charge in [-0.3, -0.25) is 5.73 Å². The maximum absolute atomic E-state index is 10.8. The number of para-hydroxylation sites is 2. The van der Waals surface area contributed by atoms with Gasteiger partial charge in [0.25, 0.3) is 0 Å². The minimum absolute atomic E-state index is 0.354. The molecular weight excluding hydrogens is 393 g/mol. The number of aliphatic hydroxyl groups is 1. The van der Waals surface area contributed by atoms with Gasteiger partial charge in [-0.1, -0.05) is 74.0 Å². The van der Waals surface area contributed by atoms with Crippen molar-refractivity contribution in [3.63, 3.8) is 0 Å². The first kappa shape index (κ1) is 21.0. The molecule has 0 spiro atoms. The molecule has 0 fully saturated rings. The molecule has 1 atom stereocenters. The maximum atomic E-state index is 10.8. The van der Waals surface area contributed by atoms with Crippen molar-refractivity contribution in [2.75, 3.05) is 5.73 Å². The summed E-state index contributed by atoms with van der Waals surface area (Å²) in [4.78, 5) is 0. The van der Waals surface area contributed by atoms with E-state index in [0.717, 1.165) is 29.6 Å². The highest BCUT2D eigenvalue weighted by molar-refractivity contribution is 6.42. The first-order valence-electron chi connectivity index (χ1n) is 9.92. The van der Waals surface area contributed by atoms with Crippen LogP contribution >= 0.6 is 23.2 Å². The molecule has 0 aliphatic carbocycles. The summed E-state index contributed by atoms with van der Waals surface area (Å²) in [5.41, 5.74) is 9.34. The fraction of sp³-hybridized carbons (Fsp3) is 0.409. The molecule has 3 N–H and O–H groups in total. The molecule has 1 unspecified atom stereocenters. The van der Waals surface area contributed by atoms with Gasteiger partial charge in [-0.05, 0) is 36.2 Å². The standard InChI is InChI=1S/C22H27Cl2N3O/c1-2-3-4-5-8-13-26-19-9-6-7-10-20(19)27(22(26)25)15-21(28)16-11-12-17(23)18(24)14-16/h6-7,9-12,14,21,25,28H,2-5,8,13,15H2,1H3/p+1. The summed E-state index contributed by atoms with van der Waals surface area (Å²) in [7, 11) is 0. The van der Waals surface area contributed by atoms with Crippen molar-refractivity contribution < 1.29 is 9.67 Å². The number of aliphatic hydroxyl groups excluding tert-OH is 1. The molecule has 3 rings (SSSR count). The lowest BCUT2D eigenvalue weighted by Crippen LogP contribution is -2.39. The molecule has 0 bridgehead atoms. The quantitative estimate of drug-likeness (QED) is 0.353. The van der Waals surface area contributed by atoms with Crippen LogP contribution in [-0.2, 0) is 13.1 Å². The van der Waals surface area contributed by atoms with Crippen molar-refractivity contribution in [2.45, 2.75) is 58.2 Å². The third-order valence-corrected chi connectivity index (χ3v) is 5.92. The fourth-order valence-corrected chi connectivity index (χ4v) is 3.92. The zero-order valence-electron chi connectivity index (χ0n) is 16.2. The van der Waals surface area contributed by atoms with Gasteiger partial charge in [0.05, 0.1) is 16.6 Å². The molecule has 4 nitrogen and oxygen atoms in total. The van der Waals surface area contributed by atoms with E-state index in [0.29, 0.717) is 22.5 Å². The van der Waals surface area contributed by atoms with Crippen LogP contribution in [0.15, 0.2) is 42.5 Å². The third kappa shape index (κ3) is 4.62. The summed E-state index contributed by atoms with van der Waals surface area (Å²) in [6.45, 7) is 3.46. The van der Waals surface area contributed by atoms with Gasteiger partial charge in [0.1, 0.15) is 23.7 Å². The number of nitrogens with two attached hydrogens (primary N) is 1. The number of nitrogen functional groups attached to an aromatic ring is 1. The highest BCUT2D eigenvalue weighted by Gasteiger charge is 2.23. The number of imidazole rings is 1. The number of unbranched alkanes of at least 4 members (excludes halogenated alkanes) is 4. The molecule has 6 heteroatoms. The van der Waals surface area contributed by atoms with Crippen molar-refractivity contribution in [3.8, 4) is 0 Å². The second-order valence-electron chi connectivity index (χ2n) is 7.21. The van der Waals surface area contributed by atoms with Crippen LogP contribution < -0.4 is 10.3 Å². The molecule has 1 aromatic heterocycles. The van der Waals surface area contributed by atoms with Gasteiger partial charge in [0, 0.05) is 0 Å². The van der Waals surface area contributed by atoms with Crippen molar-refractivity contribution in [3.05, 3.63) is 58.1 Å². The van der Waals surface area contributed by atoms with Crippen molar-refractivity contribution in [2.24, 2.45) is 0 Å². The first-order chi connectivity index (χ1) is 13.5. The van der Waals surface area contributed by atoms with E-state index in [1.807, 2.05) is 22.8 Å². The third-order valence-electron chi connectivity index (χ3n) is 5.19. The van der Waals surface area contributed by atoms with E-state index in [1.165, 1.54) is 25.7 Å². The Balaban J connectivity index is 1.84. The summed E-state index contributed by atoms with van der Waals surface area (Å²) in [5, 5.41) is 11.7. The fourth-order valence-electron chi connectivity index (χ4n) is 3.61. The molecule has 0 aliphatic rings. The Kier molecular flexibility index (Phi) is 7.22. The van der Waals surface area contributed by atoms with Crippen LogP contribution in [0, 0.1) is 0 Å². The number of hydrogen-bond donors (Lipinski definition) is 2. The molecule has 0 saturated carbocycles. The molecule has 1 heterocycles. The molecule has 0 saturated heterocycles. The van der Waals surface area contributed by atoms with Crippen LogP contribution in [0.3, 0.4) is 0 Å². The van der Waals surface area contributed by atoms with Gasteiger partial charge in [-0.15, -0.1) is 0 Å². The second-order valence-corrected chi connectivity index (χ2v) is 8.03. The van der Waals surface area contributed by atoms with Crippen LogP contribution in [0.1, 0.15) is 50.7 Å². The van der Waals surface area contributed by atoms with E-state index in [-0.39, 0.29) is 0 Å². The number of benzene rings is 2. The van der Waals surface area contributed by atoms with Crippen LogP contribution in [-0.4, -0.2) is 9.67 Å². The van der Waals surface area contributed by atoms with Crippen molar-refractivity contribution >= 4 is 40.2 Å². The van der Waals surface area contributed by atoms with Crippen LogP contribution in [0.25, 0.3) is 11.0 Å². The summed E-state index contributed by atoms with van der Waals surface area (Å²) < 4.78 is 4.14. The number of anilines is 1. The Hall–Kier alpha value is -1.75. The van der Waals surface area contributed by atoms with E-state index in [9.17, 15) is 5.11 Å². The summed E-state index contributed by atoms with van der Waals surface area (Å²) >= 11 is 12.1. The summed E-state index contributed by atoms with van der Waals surface area (Å²) in [6.07, 6.45) is 5.33. The molecule has 0 amide bonds. The van der Waals surface area contributed by atoms with E-state index in [4.69, 9.17) is 28.9 Å². The molecule has 3 aromatic rings. The van der Waals surface area contributed by atoms with E-state index in [2.05, 4.69) is 17.6 Å².